The minimum absolute atomic E-state index is 0.0592. The van der Waals surface area contributed by atoms with Gasteiger partial charge in [0.25, 0.3) is 0 Å². The normalized spacial score (nSPS) is 24.9. The molecule has 2 aliphatic rings. The number of carbonyl (C=O) groups is 1. The molecule has 28 heavy (non-hydrogen) atoms. The first-order chi connectivity index (χ1) is 13.6. The molecule has 4 nitrogen and oxygen atoms in total. The summed E-state index contributed by atoms with van der Waals surface area (Å²) in [5.74, 6) is 1.92. The smallest absolute Gasteiger partial charge is 0.244 e. The Morgan fingerprint density at radius 2 is 2.14 bits per heavy atom. The van der Waals surface area contributed by atoms with E-state index in [9.17, 15) is 9.18 Å². The van der Waals surface area contributed by atoms with Gasteiger partial charge >= 0.3 is 0 Å². The number of nitrogens with zero attached hydrogens (tertiary/aromatic N) is 2. The van der Waals surface area contributed by atoms with Crippen LogP contribution in [0.4, 0.5) is 4.39 Å². The van der Waals surface area contributed by atoms with Gasteiger partial charge in [-0.05, 0) is 66.5 Å². The predicted molar refractivity (Wildman–Crippen MR) is 108 cm³/mol. The van der Waals surface area contributed by atoms with Crippen LogP contribution in [0.3, 0.4) is 0 Å². The molecule has 0 bridgehead atoms. The lowest BCUT2D eigenvalue weighted by atomic mass is 10.1. The number of benzene rings is 1. The number of halogens is 1. The zero-order chi connectivity index (χ0) is 19.5. The lowest BCUT2D eigenvalue weighted by molar-refractivity contribution is -0.116. The second kappa shape index (κ2) is 8.23. The Labute approximate surface area is 165 Å². The zero-order valence-corrected chi connectivity index (χ0v) is 16.1. The van der Waals surface area contributed by atoms with Crippen molar-refractivity contribution in [3.05, 3.63) is 71.8 Å². The third-order valence-electron chi connectivity index (χ3n) is 6.17. The van der Waals surface area contributed by atoms with Gasteiger partial charge in [0.2, 0.25) is 5.91 Å². The number of carbonyl (C=O) groups excluding carboxylic acids is 1. The molecule has 146 valence electrons. The highest BCUT2D eigenvalue weighted by molar-refractivity contribution is 5.91. The van der Waals surface area contributed by atoms with E-state index < -0.39 is 0 Å². The first-order valence-corrected chi connectivity index (χ1v) is 9.97. The lowest BCUT2D eigenvalue weighted by Gasteiger charge is -2.27. The Hall–Kier alpha value is -2.53. The summed E-state index contributed by atoms with van der Waals surface area (Å²) in [6.45, 7) is 5.01. The SMILES string of the molecule is CC(c1cccc(F)c1)N1C[C@@H]2C(CCNC(=O)/C=C/c3cccnc3)[C@@H]2C1. The molecule has 4 atom stereocenters. The predicted octanol–water partition coefficient (Wildman–Crippen LogP) is 3.68. The highest BCUT2D eigenvalue weighted by Gasteiger charge is 2.55. The zero-order valence-electron chi connectivity index (χ0n) is 16.1. The summed E-state index contributed by atoms with van der Waals surface area (Å²) in [7, 11) is 0. The molecular weight excluding hydrogens is 353 g/mol. The van der Waals surface area contributed by atoms with Gasteiger partial charge < -0.3 is 5.32 Å². The third-order valence-corrected chi connectivity index (χ3v) is 6.17. The second-order valence-corrected chi connectivity index (χ2v) is 7.88. The van der Waals surface area contributed by atoms with E-state index in [0.29, 0.717) is 12.5 Å². The average molecular weight is 379 g/mol. The number of pyridine rings is 1. The van der Waals surface area contributed by atoms with Crippen molar-refractivity contribution in [2.45, 2.75) is 19.4 Å². The topological polar surface area (TPSA) is 45.2 Å². The maximum Gasteiger partial charge on any atom is 0.244 e. The standard InChI is InChI=1S/C23H26FN3O/c1-16(18-5-2-6-19(24)12-18)27-14-21-20(22(21)15-27)9-11-26-23(28)8-7-17-4-3-10-25-13-17/h2-8,10,12-13,16,20-22H,9,11,14-15H2,1H3,(H,26,28)/b8-7+/t16?,20?,21-,22+. The molecule has 1 saturated heterocycles. The van der Waals surface area contributed by atoms with Gasteiger partial charge in [-0.1, -0.05) is 18.2 Å². The van der Waals surface area contributed by atoms with Crippen molar-refractivity contribution >= 4 is 12.0 Å². The number of likely N-dealkylation sites (tertiary alicyclic amines) is 1. The molecule has 1 aliphatic carbocycles. The molecule has 0 radical (unpaired) electrons. The summed E-state index contributed by atoms with van der Waals surface area (Å²) < 4.78 is 13.5. The van der Waals surface area contributed by atoms with E-state index in [0.717, 1.165) is 42.5 Å². The van der Waals surface area contributed by atoms with Gasteiger partial charge in [-0.3, -0.25) is 14.7 Å². The number of nitrogens with one attached hydrogen (secondary N) is 1. The van der Waals surface area contributed by atoms with Gasteiger partial charge in [0.05, 0.1) is 0 Å². The maximum atomic E-state index is 13.5. The molecule has 4 rings (SSSR count). The summed E-state index contributed by atoms with van der Waals surface area (Å²) in [6.07, 6.45) is 7.81. The molecule has 1 aromatic carbocycles. The number of hydrogen-bond donors (Lipinski definition) is 1. The molecule has 2 heterocycles. The van der Waals surface area contributed by atoms with Crippen molar-refractivity contribution < 1.29 is 9.18 Å². The Bertz CT molecular complexity index is 842. The van der Waals surface area contributed by atoms with Crippen molar-refractivity contribution in [3.8, 4) is 0 Å². The first kappa shape index (κ1) is 18.8. The van der Waals surface area contributed by atoms with Gasteiger partial charge in [-0.25, -0.2) is 4.39 Å². The molecule has 2 unspecified atom stereocenters. The van der Waals surface area contributed by atoms with E-state index >= 15 is 0 Å². The van der Waals surface area contributed by atoms with E-state index in [1.807, 2.05) is 18.2 Å². The van der Waals surface area contributed by atoms with Crippen LogP contribution in [-0.4, -0.2) is 35.4 Å². The van der Waals surface area contributed by atoms with E-state index in [1.54, 1.807) is 36.7 Å². The third kappa shape index (κ3) is 4.30. The van der Waals surface area contributed by atoms with Gasteiger partial charge in [-0.15, -0.1) is 0 Å². The van der Waals surface area contributed by atoms with Crippen LogP contribution < -0.4 is 5.32 Å². The fraction of sp³-hybridized carbons (Fsp3) is 0.391. The highest BCUT2D eigenvalue weighted by Crippen LogP contribution is 2.54. The Morgan fingerprint density at radius 3 is 2.86 bits per heavy atom. The van der Waals surface area contributed by atoms with E-state index in [2.05, 4.69) is 22.1 Å². The van der Waals surface area contributed by atoms with Crippen LogP contribution in [0.5, 0.6) is 0 Å². The molecule has 1 amide bonds. The number of amides is 1. The molecular formula is C23H26FN3O. The maximum absolute atomic E-state index is 13.5. The molecule has 0 spiro atoms. The van der Waals surface area contributed by atoms with E-state index in [4.69, 9.17) is 0 Å². The minimum atomic E-state index is -0.167. The van der Waals surface area contributed by atoms with E-state index in [-0.39, 0.29) is 17.8 Å². The van der Waals surface area contributed by atoms with Crippen molar-refractivity contribution in [1.29, 1.82) is 0 Å². The Balaban J connectivity index is 1.18. The van der Waals surface area contributed by atoms with Gasteiger partial charge in [0, 0.05) is 44.1 Å². The van der Waals surface area contributed by atoms with E-state index in [1.165, 1.54) is 6.07 Å². The van der Waals surface area contributed by atoms with Crippen molar-refractivity contribution in [3.63, 3.8) is 0 Å². The van der Waals surface area contributed by atoms with Crippen LogP contribution in [0.15, 0.2) is 54.9 Å². The molecule has 1 N–H and O–H groups in total. The Kier molecular flexibility index (Phi) is 5.53. The quantitative estimate of drug-likeness (QED) is 0.747. The summed E-state index contributed by atoms with van der Waals surface area (Å²) in [5, 5.41) is 2.98. The number of rotatable bonds is 7. The van der Waals surface area contributed by atoms with Gasteiger partial charge in [0.1, 0.15) is 5.82 Å². The largest absolute Gasteiger partial charge is 0.353 e. The summed E-state index contributed by atoms with van der Waals surface area (Å²) in [4.78, 5) is 18.4. The van der Waals surface area contributed by atoms with Gasteiger partial charge in [0.15, 0.2) is 0 Å². The first-order valence-electron chi connectivity index (χ1n) is 9.97. The molecule has 2 aromatic rings. The van der Waals surface area contributed by atoms with Crippen LogP contribution in [0.25, 0.3) is 6.08 Å². The van der Waals surface area contributed by atoms with Crippen LogP contribution in [-0.2, 0) is 4.79 Å². The summed E-state index contributed by atoms with van der Waals surface area (Å²) in [5.41, 5.74) is 1.97. The number of aromatic nitrogens is 1. The molecule has 2 fully saturated rings. The molecule has 1 aromatic heterocycles. The number of hydrogen-bond acceptors (Lipinski definition) is 3. The minimum Gasteiger partial charge on any atom is -0.353 e. The summed E-state index contributed by atoms with van der Waals surface area (Å²) >= 11 is 0. The van der Waals surface area contributed by atoms with Crippen molar-refractivity contribution in [2.75, 3.05) is 19.6 Å². The lowest BCUT2D eigenvalue weighted by Crippen LogP contribution is -2.29. The van der Waals surface area contributed by atoms with Crippen LogP contribution >= 0.6 is 0 Å². The monoisotopic (exact) mass is 379 g/mol. The fourth-order valence-electron chi connectivity index (χ4n) is 4.47. The van der Waals surface area contributed by atoms with Crippen molar-refractivity contribution in [2.24, 2.45) is 17.8 Å². The number of piperidine rings is 1. The molecule has 1 aliphatic heterocycles. The second-order valence-electron chi connectivity index (χ2n) is 7.88. The van der Waals surface area contributed by atoms with Crippen LogP contribution in [0.1, 0.15) is 30.5 Å². The van der Waals surface area contributed by atoms with Crippen LogP contribution in [0, 0.1) is 23.6 Å². The van der Waals surface area contributed by atoms with Crippen molar-refractivity contribution in [1.82, 2.24) is 15.2 Å². The summed E-state index contributed by atoms with van der Waals surface area (Å²) in [6, 6.07) is 10.9. The number of fused-ring (bicyclic) bond motifs is 1. The fourth-order valence-corrected chi connectivity index (χ4v) is 4.47. The van der Waals surface area contributed by atoms with Crippen LogP contribution in [0.2, 0.25) is 0 Å². The van der Waals surface area contributed by atoms with Gasteiger partial charge in [-0.2, -0.15) is 0 Å². The average Bonchev–Trinajstić information content (AvgIpc) is 3.15. The molecule has 1 saturated carbocycles. The Morgan fingerprint density at radius 1 is 1.32 bits per heavy atom. The highest BCUT2D eigenvalue weighted by atomic mass is 19.1. The molecule has 5 heteroatoms.